The van der Waals surface area contributed by atoms with Crippen LogP contribution in [0.25, 0.3) is 22.8 Å². The lowest BCUT2D eigenvalue weighted by molar-refractivity contribution is -0.142. The minimum atomic E-state index is -0.775. The highest BCUT2D eigenvalue weighted by molar-refractivity contribution is 5.95. The average Bonchev–Trinajstić information content (AvgIpc) is 3.60. The third-order valence-corrected chi connectivity index (χ3v) is 5.52. The van der Waals surface area contributed by atoms with Gasteiger partial charge in [0.25, 0.3) is 11.8 Å². The van der Waals surface area contributed by atoms with E-state index < -0.39 is 29.8 Å². The van der Waals surface area contributed by atoms with Crippen LogP contribution in [-0.4, -0.2) is 51.4 Å². The number of nitrogens with zero attached hydrogens (tertiary/aromatic N) is 4. The number of aromatic nitrogens is 4. The topological polar surface area (TPSA) is 168 Å². The summed E-state index contributed by atoms with van der Waals surface area (Å²) in [6, 6.07) is 10.6. The van der Waals surface area contributed by atoms with Gasteiger partial charge in [-0.15, -0.1) is 0 Å². The van der Waals surface area contributed by atoms with Crippen molar-refractivity contribution in [3.8, 4) is 28.5 Å². The number of hydrogen-bond donors (Lipinski definition) is 2. The first-order chi connectivity index (χ1) is 18.8. The highest BCUT2D eigenvalue weighted by Gasteiger charge is 2.22. The van der Waals surface area contributed by atoms with E-state index in [1.807, 2.05) is 6.92 Å². The molecular formula is C26H27FN6O6. The van der Waals surface area contributed by atoms with Gasteiger partial charge in [0, 0.05) is 18.1 Å². The van der Waals surface area contributed by atoms with Crippen LogP contribution in [0.1, 0.15) is 48.5 Å². The molecule has 0 bridgehead atoms. The Labute approximate surface area is 222 Å². The molecule has 4 aromatic rings. The highest BCUT2D eigenvalue weighted by Crippen LogP contribution is 2.28. The molecule has 2 aromatic heterocycles. The molecule has 0 saturated heterocycles. The quantitative estimate of drug-likeness (QED) is 0.268. The number of esters is 1. The summed E-state index contributed by atoms with van der Waals surface area (Å²) in [6.45, 7) is 4.87. The smallest absolute Gasteiger partial charge is 0.319 e. The van der Waals surface area contributed by atoms with E-state index in [2.05, 4.69) is 25.6 Å². The molecule has 3 N–H and O–H groups in total. The molecule has 2 atom stereocenters. The summed E-state index contributed by atoms with van der Waals surface area (Å²) in [5, 5.41) is 10.4. The fourth-order valence-electron chi connectivity index (χ4n) is 3.51. The summed E-state index contributed by atoms with van der Waals surface area (Å²) in [7, 11) is 0. The maximum Gasteiger partial charge on any atom is 0.319 e. The Kier molecular flexibility index (Phi) is 8.61. The van der Waals surface area contributed by atoms with E-state index in [-0.39, 0.29) is 30.4 Å². The Morgan fingerprint density at radius 1 is 1.05 bits per heavy atom. The van der Waals surface area contributed by atoms with E-state index in [1.165, 1.54) is 12.1 Å². The number of amides is 1. The zero-order valence-corrected chi connectivity index (χ0v) is 21.5. The Morgan fingerprint density at radius 3 is 2.38 bits per heavy atom. The standard InChI is InChI=1S/C26H27FN6O6/c1-4-21(37-18-8-5-16(6-9-18)23-30-15(3)38-32-23)26-31-24(33-39-26)17-7-10-19(20(27)11-17)25(35)29-14(2)13-36-22(34)12-28/h5-11,14,21H,4,12-13,28H2,1-3H3,(H,29,35)/t14-,21?/m1/s1. The number of benzene rings is 2. The van der Waals surface area contributed by atoms with Gasteiger partial charge >= 0.3 is 5.97 Å². The highest BCUT2D eigenvalue weighted by atomic mass is 19.1. The van der Waals surface area contributed by atoms with Gasteiger partial charge in [0.15, 0.2) is 6.10 Å². The first-order valence-corrected chi connectivity index (χ1v) is 12.1. The van der Waals surface area contributed by atoms with Gasteiger partial charge in [-0.05, 0) is 49.7 Å². The molecule has 4 rings (SSSR count). The van der Waals surface area contributed by atoms with Crippen LogP contribution < -0.4 is 15.8 Å². The third kappa shape index (κ3) is 6.82. The number of ether oxygens (including phenoxy) is 2. The lowest BCUT2D eigenvalue weighted by atomic mass is 10.1. The van der Waals surface area contributed by atoms with Gasteiger partial charge in [-0.2, -0.15) is 9.97 Å². The van der Waals surface area contributed by atoms with Crippen LogP contribution in [0.3, 0.4) is 0 Å². The lowest BCUT2D eigenvalue weighted by Gasteiger charge is -2.14. The van der Waals surface area contributed by atoms with E-state index in [0.29, 0.717) is 29.4 Å². The summed E-state index contributed by atoms with van der Waals surface area (Å²) < 4.78 is 36.1. The molecule has 39 heavy (non-hydrogen) atoms. The van der Waals surface area contributed by atoms with Gasteiger partial charge in [-0.1, -0.05) is 23.3 Å². The molecule has 0 aliphatic rings. The molecule has 12 nitrogen and oxygen atoms in total. The second kappa shape index (κ2) is 12.3. The minimum absolute atomic E-state index is 0.0869. The van der Waals surface area contributed by atoms with Gasteiger partial charge in [0.1, 0.15) is 18.2 Å². The number of carbonyl (C=O) groups is 2. The largest absolute Gasteiger partial charge is 0.481 e. The van der Waals surface area contributed by atoms with Crippen LogP contribution in [0, 0.1) is 12.7 Å². The maximum atomic E-state index is 14.8. The monoisotopic (exact) mass is 538 g/mol. The van der Waals surface area contributed by atoms with Crippen LogP contribution in [0.15, 0.2) is 51.5 Å². The second-order valence-corrected chi connectivity index (χ2v) is 8.59. The maximum absolute atomic E-state index is 14.8. The summed E-state index contributed by atoms with van der Waals surface area (Å²) >= 11 is 0. The normalized spacial score (nSPS) is 12.5. The third-order valence-electron chi connectivity index (χ3n) is 5.52. The number of halogens is 1. The van der Waals surface area contributed by atoms with E-state index in [1.54, 1.807) is 38.1 Å². The van der Waals surface area contributed by atoms with E-state index in [9.17, 15) is 14.0 Å². The lowest BCUT2D eigenvalue weighted by Crippen LogP contribution is -2.37. The molecule has 204 valence electrons. The molecule has 0 fully saturated rings. The van der Waals surface area contributed by atoms with Crippen molar-refractivity contribution in [1.29, 1.82) is 0 Å². The number of nitrogens with one attached hydrogen (secondary N) is 1. The Bertz CT molecular complexity index is 1440. The van der Waals surface area contributed by atoms with E-state index in [4.69, 9.17) is 24.3 Å². The average molecular weight is 539 g/mol. The van der Waals surface area contributed by atoms with Crippen LogP contribution in [0.2, 0.25) is 0 Å². The molecule has 2 aromatic carbocycles. The van der Waals surface area contributed by atoms with Crippen molar-refractivity contribution in [2.75, 3.05) is 13.2 Å². The van der Waals surface area contributed by atoms with Crippen molar-refractivity contribution in [3.05, 3.63) is 65.6 Å². The number of carbonyl (C=O) groups excluding carboxylic acids is 2. The van der Waals surface area contributed by atoms with Crippen molar-refractivity contribution in [3.63, 3.8) is 0 Å². The number of aryl methyl sites for hydroxylation is 1. The minimum Gasteiger partial charge on any atom is -0.481 e. The Hall–Kier alpha value is -4.65. The predicted octanol–water partition coefficient (Wildman–Crippen LogP) is 3.38. The number of rotatable bonds is 11. The predicted molar refractivity (Wildman–Crippen MR) is 135 cm³/mol. The second-order valence-electron chi connectivity index (χ2n) is 8.59. The van der Waals surface area contributed by atoms with Crippen LogP contribution in [-0.2, 0) is 9.53 Å². The van der Waals surface area contributed by atoms with Gasteiger partial charge in [-0.3, -0.25) is 9.59 Å². The van der Waals surface area contributed by atoms with E-state index in [0.717, 1.165) is 11.6 Å². The van der Waals surface area contributed by atoms with Crippen molar-refractivity contribution in [2.45, 2.75) is 39.3 Å². The van der Waals surface area contributed by atoms with Gasteiger partial charge < -0.3 is 29.6 Å². The number of nitrogens with two attached hydrogens (primary N) is 1. The van der Waals surface area contributed by atoms with Crippen molar-refractivity contribution in [1.82, 2.24) is 25.6 Å². The van der Waals surface area contributed by atoms with Gasteiger partial charge in [0.05, 0.1) is 18.2 Å². The molecule has 0 spiro atoms. The molecule has 0 aliphatic heterocycles. The number of hydrogen-bond acceptors (Lipinski definition) is 11. The molecule has 0 radical (unpaired) electrons. The Morgan fingerprint density at radius 2 is 1.74 bits per heavy atom. The van der Waals surface area contributed by atoms with Crippen molar-refractivity contribution in [2.24, 2.45) is 5.73 Å². The zero-order valence-electron chi connectivity index (χ0n) is 21.5. The summed E-state index contributed by atoms with van der Waals surface area (Å²) in [6.07, 6.45) is -0.0195. The SMILES string of the molecule is CCC(Oc1ccc(-c2noc(C)n2)cc1)c1nc(-c2ccc(C(=O)N[C@H](C)COC(=O)CN)c(F)c2)no1. The van der Waals surface area contributed by atoms with Crippen LogP contribution in [0.4, 0.5) is 4.39 Å². The summed E-state index contributed by atoms with van der Waals surface area (Å²) in [4.78, 5) is 32.2. The molecule has 0 aliphatic carbocycles. The van der Waals surface area contributed by atoms with Crippen molar-refractivity contribution >= 4 is 11.9 Å². The van der Waals surface area contributed by atoms with E-state index >= 15 is 0 Å². The first-order valence-electron chi connectivity index (χ1n) is 12.1. The first kappa shape index (κ1) is 27.4. The Balaban J connectivity index is 1.40. The van der Waals surface area contributed by atoms with Gasteiger partial charge in [-0.25, -0.2) is 4.39 Å². The zero-order chi connectivity index (χ0) is 27.9. The van der Waals surface area contributed by atoms with Crippen LogP contribution >= 0.6 is 0 Å². The van der Waals surface area contributed by atoms with Gasteiger partial charge in [0.2, 0.25) is 17.5 Å². The molecule has 1 amide bonds. The summed E-state index contributed by atoms with van der Waals surface area (Å²) in [5.74, 6) is -0.165. The van der Waals surface area contributed by atoms with Crippen LogP contribution in [0.5, 0.6) is 5.75 Å². The molecule has 1 unspecified atom stereocenters. The molecule has 2 heterocycles. The van der Waals surface area contributed by atoms with Crippen molar-refractivity contribution < 1.29 is 32.5 Å². The fourth-order valence-corrected chi connectivity index (χ4v) is 3.51. The molecular weight excluding hydrogens is 511 g/mol. The fraction of sp³-hybridized carbons (Fsp3) is 0.308. The summed E-state index contributed by atoms with van der Waals surface area (Å²) in [5.41, 5.74) is 6.08. The molecule has 13 heteroatoms. The molecule has 0 saturated carbocycles.